The first-order valence-electron chi connectivity index (χ1n) is 17.9. The molecule has 0 unspecified atom stereocenters. The summed E-state index contributed by atoms with van der Waals surface area (Å²) in [5.41, 5.74) is 11.8. The standard InChI is InChI=1S/C46H40S2/c1-3-5-9-23-34-41-32-25-15-21-31-22-16-26-33(40(31)32)42(41)35(24-10-6-4-2)44-43(34)45-36(27-38(47-45)29-17-11-7-12-18-29)37-28-39(48-46(37)44)30-19-13-8-14-20-30/h7-8,11-22,25-28H,3-6,9-10,23-24H2,1-2H3. The van der Waals surface area contributed by atoms with Gasteiger partial charge in [-0.2, -0.15) is 0 Å². The molecular formula is C46H40S2. The molecule has 0 radical (unpaired) electrons. The lowest BCUT2D eigenvalue weighted by Crippen LogP contribution is -2.00. The molecule has 0 fully saturated rings. The molecule has 48 heavy (non-hydrogen) atoms. The fraction of sp³-hybridized carbons (Fsp3) is 0.217. The lowest BCUT2D eigenvalue weighted by molar-refractivity contribution is 0.717. The first-order valence-corrected chi connectivity index (χ1v) is 19.5. The van der Waals surface area contributed by atoms with Gasteiger partial charge in [-0.05, 0) is 93.1 Å². The zero-order valence-electron chi connectivity index (χ0n) is 27.9. The van der Waals surface area contributed by atoms with Gasteiger partial charge in [0.1, 0.15) is 0 Å². The van der Waals surface area contributed by atoms with E-state index in [1.807, 2.05) is 22.7 Å². The molecule has 0 spiro atoms. The molecule has 0 saturated heterocycles. The Balaban J connectivity index is 1.49. The van der Waals surface area contributed by atoms with Gasteiger partial charge in [-0.15, -0.1) is 22.7 Å². The van der Waals surface area contributed by atoms with E-state index in [0.29, 0.717) is 0 Å². The van der Waals surface area contributed by atoms with Crippen LogP contribution in [-0.2, 0) is 12.8 Å². The van der Waals surface area contributed by atoms with Crippen molar-refractivity contribution in [3.8, 4) is 43.1 Å². The molecule has 0 saturated carbocycles. The second-order valence-electron chi connectivity index (χ2n) is 13.5. The average molecular weight is 657 g/mol. The summed E-state index contributed by atoms with van der Waals surface area (Å²) < 4.78 is 2.95. The van der Waals surface area contributed by atoms with E-state index in [4.69, 9.17) is 0 Å². The molecule has 6 aromatic carbocycles. The summed E-state index contributed by atoms with van der Waals surface area (Å²) in [6, 6.07) is 41.1. The van der Waals surface area contributed by atoms with Gasteiger partial charge in [-0.25, -0.2) is 0 Å². The van der Waals surface area contributed by atoms with Crippen LogP contribution >= 0.6 is 22.7 Å². The number of hydrogen-bond donors (Lipinski definition) is 0. The fourth-order valence-electron chi connectivity index (χ4n) is 8.35. The highest BCUT2D eigenvalue weighted by molar-refractivity contribution is 7.25. The third-order valence-corrected chi connectivity index (χ3v) is 12.9. The van der Waals surface area contributed by atoms with Crippen LogP contribution in [-0.4, -0.2) is 0 Å². The Bertz CT molecular complexity index is 2290. The Morgan fingerprint density at radius 1 is 0.458 bits per heavy atom. The summed E-state index contributed by atoms with van der Waals surface area (Å²) in [5, 5.41) is 8.74. The average Bonchev–Trinajstić information content (AvgIpc) is 3.86. The van der Waals surface area contributed by atoms with Crippen molar-refractivity contribution in [1.29, 1.82) is 0 Å². The molecule has 2 heteroatoms. The van der Waals surface area contributed by atoms with Crippen LogP contribution in [0, 0.1) is 0 Å². The molecule has 0 atom stereocenters. The molecular weight excluding hydrogens is 617 g/mol. The minimum Gasteiger partial charge on any atom is -0.135 e. The number of unbranched alkanes of at least 4 members (excludes halogenated alkanes) is 4. The van der Waals surface area contributed by atoms with Crippen molar-refractivity contribution >= 4 is 64.4 Å². The molecule has 0 N–H and O–H groups in total. The number of hydrogen-bond acceptors (Lipinski definition) is 2. The predicted molar refractivity (Wildman–Crippen MR) is 214 cm³/mol. The summed E-state index contributed by atoms with van der Waals surface area (Å²) in [7, 11) is 0. The van der Waals surface area contributed by atoms with Crippen molar-refractivity contribution in [2.45, 2.75) is 65.2 Å². The summed E-state index contributed by atoms with van der Waals surface area (Å²) in [6.07, 6.45) is 9.64. The zero-order chi connectivity index (χ0) is 32.2. The van der Waals surface area contributed by atoms with Gasteiger partial charge in [0, 0.05) is 40.7 Å². The smallest absolute Gasteiger partial charge is 0.0437 e. The monoisotopic (exact) mass is 656 g/mol. The normalized spacial score (nSPS) is 12.2. The van der Waals surface area contributed by atoms with Gasteiger partial charge < -0.3 is 0 Å². The van der Waals surface area contributed by atoms with Crippen LogP contribution in [0.25, 0.3) is 84.9 Å². The van der Waals surface area contributed by atoms with E-state index in [1.54, 1.807) is 11.1 Å². The maximum atomic E-state index is 2.51. The van der Waals surface area contributed by atoms with Crippen molar-refractivity contribution < 1.29 is 0 Å². The molecule has 8 aromatic rings. The van der Waals surface area contributed by atoms with Gasteiger partial charge in [0.15, 0.2) is 0 Å². The van der Waals surface area contributed by atoms with Gasteiger partial charge >= 0.3 is 0 Å². The lowest BCUT2D eigenvalue weighted by atomic mass is 9.83. The zero-order valence-corrected chi connectivity index (χ0v) is 29.5. The van der Waals surface area contributed by atoms with Crippen molar-refractivity contribution in [2.24, 2.45) is 0 Å². The van der Waals surface area contributed by atoms with Crippen molar-refractivity contribution in [2.75, 3.05) is 0 Å². The molecule has 236 valence electrons. The molecule has 0 aliphatic heterocycles. The third kappa shape index (κ3) is 4.68. The summed E-state index contributed by atoms with van der Waals surface area (Å²) in [5.74, 6) is 0. The summed E-state index contributed by atoms with van der Waals surface area (Å²) in [6.45, 7) is 4.67. The highest BCUT2D eigenvalue weighted by Crippen LogP contribution is 2.57. The summed E-state index contributed by atoms with van der Waals surface area (Å²) in [4.78, 5) is 2.73. The maximum absolute atomic E-state index is 2.51. The van der Waals surface area contributed by atoms with Crippen molar-refractivity contribution in [3.05, 3.63) is 120 Å². The Morgan fingerprint density at radius 2 is 0.917 bits per heavy atom. The summed E-state index contributed by atoms with van der Waals surface area (Å²) >= 11 is 4.03. The SMILES string of the molecule is CCCCCc1c2c(c(CCCCC)c3c4sc(-c5ccccc5)cc4c4cc(-c5ccccc5)sc4c13)-c1cccc3cccc-2c13. The van der Waals surface area contributed by atoms with Gasteiger partial charge in [-0.1, -0.05) is 137 Å². The van der Waals surface area contributed by atoms with Crippen molar-refractivity contribution in [3.63, 3.8) is 0 Å². The minimum atomic E-state index is 1.11. The van der Waals surface area contributed by atoms with Gasteiger partial charge in [-0.3, -0.25) is 0 Å². The van der Waals surface area contributed by atoms with E-state index >= 15 is 0 Å². The molecule has 1 aliphatic rings. The Hall–Kier alpha value is -4.24. The van der Waals surface area contributed by atoms with Crippen LogP contribution in [0.3, 0.4) is 0 Å². The number of rotatable bonds is 10. The van der Waals surface area contributed by atoms with Gasteiger partial charge in [0.05, 0.1) is 0 Å². The number of benzene rings is 6. The Kier molecular flexibility index (Phi) is 7.67. The number of aryl methyl sites for hydroxylation is 2. The second-order valence-corrected chi connectivity index (χ2v) is 15.6. The third-order valence-electron chi connectivity index (χ3n) is 10.5. The van der Waals surface area contributed by atoms with Crippen LogP contribution in [0.15, 0.2) is 109 Å². The number of fused-ring (bicyclic) bond motifs is 9. The molecule has 2 aromatic heterocycles. The van der Waals surface area contributed by atoms with Crippen molar-refractivity contribution in [1.82, 2.24) is 0 Å². The molecule has 0 bridgehead atoms. The second kappa shape index (κ2) is 12.3. The Morgan fingerprint density at radius 3 is 1.35 bits per heavy atom. The topological polar surface area (TPSA) is 0 Å². The van der Waals surface area contributed by atoms with E-state index in [-0.39, 0.29) is 0 Å². The van der Waals surface area contributed by atoms with Crippen LogP contribution in [0.4, 0.5) is 0 Å². The highest BCUT2D eigenvalue weighted by atomic mass is 32.1. The molecule has 9 rings (SSSR count). The van der Waals surface area contributed by atoms with Crippen LogP contribution < -0.4 is 0 Å². The van der Waals surface area contributed by atoms with Gasteiger partial charge in [0.2, 0.25) is 0 Å². The van der Waals surface area contributed by atoms with Gasteiger partial charge in [0.25, 0.3) is 0 Å². The van der Waals surface area contributed by atoms with E-state index in [1.165, 1.54) is 123 Å². The molecule has 0 amide bonds. The van der Waals surface area contributed by atoms with E-state index in [0.717, 1.165) is 12.8 Å². The molecule has 1 aliphatic carbocycles. The first-order chi connectivity index (χ1) is 23.8. The highest BCUT2D eigenvalue weighted by Gasteiger charge is 2.31. The molecule has 0 nitrogen and oxygen atoms in total. The molecule has 2 heterocycles. The van der Waals surface area contributed by atoms with Crippen LogP contribution in [0.2, 0.25) is 0 Å². The van der Waals surface area contributed by atoms with Crippen LogP contribution in [0.5, 0.6) is 0 Å². The predicted octanol–water partition coefficient (Wildman–Crippen LogP) is 14.9. The first kappa shape index (κ1) is 29.9. The maximum Gasteiger partial charge on any atom is 0.0437 e. The van der Waals surface area contributed by atoms with E-state index < -0.39 is 0 Å². The fourth-order valence-corrected chi connectivity index (χ4v) is 10.9. The van der Waals surface area contributed by atoms with Crippen LogP contribution in [0.1, 0.15) is 63.5 Å². The Labute approximate surface area is 291 Å². The lowest BCUT2D eigenvalue weighted by Gasteiger charge is -2.21. The van der Waals surface area contributed by atoms with E-state index in [9.17, 15) is 0 Å². The van der Waals surface area contributed by atoms with E-state index in [2.05, 4.69) is 123 Å². The number of thiophene rings is 2. The quantitative estimate of drug-likeness (QED) is 0.129. The minimum absolute atomic E-state index is 1.11. The largest absolute Gasteiger partial charge is 0.135 e.